The van der Waals surface area contributed by atoms with Gasteiger partial charge in [0.2, 0.25) is 5.91 Å². The standard InChI is InChI=1S/C22H42N6O/c1-2-24-22(26-19-11-16-28(17-19)20-7-3-4-8-20)25-12-5-6-13-27-14-9-18(10-15-27)21(23)29/h18-20H,2-17H2,1H3,(H2,23,29)(H2,24,25,26). The first-order chi connectivity index (χ1) is 14.2. The summed E-state index contributed by atoms with van der Waals surface area (Å²) in [5.41, 5.74) is 5.42. The Morgan fingerprint density at radius 3 is 2.52 bits per heavy atom. The van der Waals surface area contributed by atoms with Crippen LogP contribution in [-0.4, -0.2) is 79.6 Å². The van der Waals surface area contributed by atoms with Crippen molar-refractivity contribution >= 4 is 11.9 Å². The molecule has 0 bridgehead atoms. The van der Waals surface area contributed by atoms with Crippen molar-refractivity contribution in [3.63, 3.8) is 0 Å². The molecule has 1 atom stereocenters. The lowest BCUT2D eigenvalue weighted by molar-refractivity contribution is -0.123. The lowest BCUT2D eigenvalue weighted by atomic mass is 9.96. The monoisotopic (exact) mass is 406 g/mol. The summed E-state index contributed by atoms with van der Waals surface area (Å²) in [4.78, 5) is 21.2. The summed E-state index contributed by atoms with van der Waals surface area (Å²) in [5.74, 6) is 0.939. The van der Waals surface area contributed by atoms with Crippen molar-refractivity contribution in [2.45, 2.75) is 76.8 Å². The first-order valence-corrected chi connectivity index (χ1v) is 12.0. The van der Waals surface area contributed by atoms with E-state index in [1.54, 1.807) is 0 Å². The van der Waals surface area contributed by atoms with Crippen molar-refractivity contribution in [3.05, 3.63) is 0 Å². The maximum Gasteiger partial charge on any atom is 0.220 e. The number of hydrogen-bond acceptors (Lipinski definition) is 4. The molecule has 0 aromatic heterocycles. The summed E-state index contributed by atoms with van der Waals surface area (Å²) in [6.45, 7) is 9.40. The van der Waals surface area contributed by atoms with Gasteiger partial charge in [-0.2, -0.15) is 0 Å². The highest BCUT2D eigenvalue weighted by molar-refractivity contribution is 5.80. The molecule has 2 saturated heterocycles. The second-order valence-electron chi connectivity index (χ2n) is 9.05. The number of unbranched alkanes of at least 4 members (excludes halogenated alkanes) is 1. The number of guanidine groups is 1. The number of carbonyl (C=O) groups excluding carboxylic acids is 1. The van der Waals surface area contributed by atoms with Crippen molar-refractivity contribution in [3.8, 4) is 0 Å². The molecule has 2 aliphatic heterocycles. The number of aliphatic imine (C=N–C) groups is 1. The summed E-state index contributed by atoms with van der Waals surface area (Å²) in [5, 5.41) is 7.08. The number of carbonyl (C=O) groups is 1. The molecule has 4 N–H and O–H groups in total. The van der Waals surface area contributed by atoms with Gasteiger partial charge in [0.1, 0.15) is 0 Å². The van der Waals surface area contributed by atoms with E-state index in [9.17, 15) is 4.79 Å². The number of nitrogens with one attached hydrogen (secondary N) is 2. The zero-order valence-corrected chi connectivity index (χ0v) is 18.4. The van der Waals surface area contributed by atoms with Gasteiger partial charge < -0.3 is 21.3 Å². The predicted octanol–water partition coefficient (Wildman–Crippen LogP) is 1.54. The molecular weight excluding hydrogens is 364 g/mol. The highest BCUT2D eigenvalue weighted by atomic mass is 16.1. The summed E-state index contributed by atoms with van der Waals surface area (Å²) >= 11 is 0. The fraction of sp³-hybridized carbons (Fsp3) is 0.909. The van der Waals surface area contributed by atoms with Crippen LogP contribution in [0.25, 0.3) is 0 Å². The number of nitrogens with two attached hydrogens (primary N) is 1. The van der Waals surface area contributed by atoms with Crippen LogP contribution in [0, 0.1) is 5.92 Å². The van der Waals surface area contributed by atoms with E-state index in [2.05, 4.69) is 27.4 Å². The first-order valence-electron chi connectivity index (χ1n) is 12.0. The molecule has 3 aliphatic rings. The Labute approximate surface area is 176 Å². The van der Waals surface area contributed by atoms with E-state index < -0.39 is 0 Å². The van der Waals surface area contributed by atoms with Gasteiger partial charge in [0.25, 0.3) is 0 Å². The Bertz CT molecular complexity index is 525. The van der Waals surface area contributed by atoms with E-state index in [1.165, 1.54) is 38.6 Å². The van der Waals surface area contributed by atoms with Crippen molar-refractivity contribution < 1.29 is 4.79 Å². The molecule has 0 radical (unpaired) electrons. The largest absolute Gasteiger partial charge is 0.369 e. The van der Waals surface area contributed by atoms with Gasteiger partial charge in [-0.15, -0.1) is 0 Å². The Balaban J connectivity index is 1.31. The highest BCUT2D eigenvalue weighted by Crippen LogP contribution is 2.26. The van der Waals surface area contributed by atoms with E-state index in [0.717, 1.165) is 77.0 Å². The molecule has 3 rings (SSSR count). The Morgan fingerprint density at radius 1 is 1.07 bits per heavy atom. The normalized spacial score (nSPS) is 25.6. The molecule has 1 aliphatic carbocycles. The third kappa shape index (κ3) is 7.14. The minimum atomic E-state index is -0.129. The second kappa shape index (κ2) is 11.7. The first kappa shape index (κ1) is 22.3. The fourth-order valence-electron chi connectivity index (χ4n) is 5.10. The van der Waals surface area contributed by atoms with E-state index >= 15 is 0 Å². The van der Waals surface area contributed by atoms with Crippen molar-refractivity contribution in [1.82, 2.24) is 20.4 Å². The zero-order chi connectivity index (χ0) is 20.5. The molecule has 0 aromatic carbocycles. The van der Waals surface area contributed by atoms with Gasteiger partial charge in [-0.05, 0) is 71.5 Å². The maximum atomic E-state index is 11.3. The summed E-state index contributed by atoms with van der Waals surface area (Å²) in [6.07, 6.45) is 10.9. The second-order valence-corrected chi connectivity index (χ2v) is 9.05. The molecule has 1 saturated carbocycles. The smallest absolute Gasteiger partial charge is 0.220 e. The lowest BCUT2D eigenvalue weighted by Crippen LogP contribution is -2.45. The van der Waals surface area contributed by atoms with Crippen LogP contribution < -0.4 is 16.4 Å². The number of likely N-dealkylation sites (tertiary alicyclic amines) is 2. The van der Waals surface area contributed by atoms with Gasteiger partial charge in [0.15, 0.2) is 5.96 Å². The van der Waals surface area contributed by atoms with Crippen LogP contribution in [0.5, 0.6) is 0 Å². The predicted molar refractivity (Wildman–Crippen MR) is 119 cm³/mol. The quantitative estimate of drug-likeness (QED) is 0.307. The lowest BCUT2D eigenvalue weighted by Gasteiger charge is -2.30. The molecule has 2 heterocycles. The van der Waals surface area contributed by atoms with Crippen LogP contribution in [0.3, 0.4) is 0 Å². The molecule has 1 amide bonds. The zero-order valence-electron chi connectivity index (χ0n) is 18.4. The average molecular weight is 407 g/mol. The molecule has 7 heteroatoms. The van der Waals surface area contributed by atoms with E-state index in [0.29, 0.717) is 6.04 Å². The van der Waals surface area contributed by atoms with E-state index in [1.807, 2.05) is 0 Å². The molecule has 0 aromatic rings. The van der Waals surface area contributed by atoms with Crippen molar-refractivity contribution in [2.24, 2.45) is 16.6 Å². The van der Waals surface area contributed by atoms with E-state index in [-0.39, 0.29) is 11.8 Å². The summed E-state index contributed by atoms with van der Waals surface area (Å²) in [7, 11) is 0. The Kier molecular flexibility index (Phi) is 9.05. The van der Waals surface area contributed by atoms with Crippen LogP contribution in [-0.2, 0) is 4.79 Å². The Hall–Kier alpha value is -1.34. The van der Waals surface area contributed by atoms with Gasteiger partial charge in [-0.1, -0.05) is 12.8 Å². The number of primary amides is 1. The summed E-state index contributed by atoms with van der Waals surface area (Å²) in [6, 6.07) is 1.36. The van der Waals surface area contributed by atoms with Gasteiger partial charge in [-0.3, -0.25) is 14.7 Å². The third-order valence-corrected chi connectivity index (χ3v) is 6.89. The van der Waals surface area contributed by atoms with Crippen LogP contribution in [0.4, 0.5) is 0 Å². The Morgan fingerprint density at radius 2 is 1.83 bits per heavy atom. The van der Waals surface area contributed by atoms with Crippen LogP contribution in [0.1, 0.15) is 64.7 Å². The van der Waals surface area contributed by atoms with Crippen molar-refractivity contribution in [2.75, 3.05) is 45.8 Å². The molecule has 0 spiro atoms. The van der Waals surface area contributed by atoms with Gasteiger partial charge >= 0.3 is 0 Å². The molecule has 3 fully saturated rings. The number of amides is 1. The minimum Gasteiger partial charge on any atom is -0.369 e. The SMILES string of the molecule is CCNC(=NCCCCN1CCC(C(N)=O)CC1)NC1CCN(C2CCCC2)C1. The van der Waals surface area contributed by atoms with Crippen molar-refractivity contribution in [1.29, 1.82) is 0 Å². The molecule has 1 unspecified atom stereocenters. The third-order valence-electron chi connectivity index (χ3n) is 6.89. The molecule has 7 nitrogen and oxygen atoms in total. The maximum absolute atomic E-state index is 11.3. The number of hydrogen-bond donors (Lipinski definition) is 3. The fourth-order valence-corrected chi connectivity index (χ4v) is 5.10. The van der Waals surface area contributed by atoms with Gasteiger partial charge in [-0.25, -0.2) is 0 Å². The number of nitrogens with zero attached hydrogens (tertiary/aromatic N) is 3. The highest BCUT2D eigenvalue weighted by Gasteiger charge is 2.30. The van der Waals surface area contributed by atoms with Crippen LogP contribution >= 0.6 is 0 Å². The van der Waals surface area contributed by atoms with Gasteiger partial charge in [0, 0.05) is 44.2 Å². The topological polar surface area (TPSA) is 86.0 Å². The van der Waals surface area contributed by atoms with E-state index in [4.69, 9.17) is 10.7 Å². The molecule has 29 heavy (non-hydrogen) atoms. The number of rotatable bonds is 9. The van der Waals surface area contributed by atoms with Gasteiger partial charge in [0.05, 0.1) is 0 Å². The minimum absolute atomic E-state index is 0.0878. The molecular formula is C22H42N6O. The number of piperidine rings is 1. The average Bonchev–Trinajstić information content (AvgIpc) is 3.40. The van der Waals surface area contributed by atoms with Crippen LogP contribution in [0.2, 0.25) is 0 Å². The molecule has 166 valence electrons. The van der Waals surface area contributed by atoms with Crippen LogP contribution in [0.15, 0.2) is 4.99 Å². The summed E-state index contributed by atoms with van der Waals surface area (Å²) < 4.78 is 0.